The highest BCUT2D eigenvalue weighted by Gasteiger charge is 2.30. The number of carbonyl (C=O) groups excluding carboxylic acids is 1. The van der Waals surface area contributed by atoms with Gasteiger partial charge in [-0.3, -0.25) is 4.90 Å². The molecule has 3 rings (SSSR count). The maximum atomic E-state index is 12.6. The third-order valence-electron chi connectivity index (χ3n) is 4.58. The van der Waals surface area contributed by atoms with Crippen LogP contribution in [0.5, 0.6) is 0 Å². The predicted molar refractivity (Wildman–Crippen MR) is 102 cm³/mol. The summed E-state index contributed by atoms with van der Waals surface area (Å²) >= 11 is 0. The van der Waals surface area contributed by atoms with Crippen molar-refractivity contribution in [3.8, 4) is 12.3 Å². The van der Waals surface area contributed by atoms with Crippen LogP contribution in [-0.2, 0) is 12.7 Å². The Morgan fingerprint density at radius 1 is 1.21 bits per heavy atom. The van der Waals surface area contributed by atoms with Crippen molar-refractivity contribution >= 4 is 11.7 Å². The Labute approximate surface area is 161 Å². The van der Waals surface area contributed by atoms with Crippen LogP contribution in [0.2, 0.25) is 0 Å². The van der Waals surface area contributed by atoms with Crippen molar-refractivity contribution in [2.24, 2.45) is 0 Å². The molecule has 2 N–H and O–H groups in total. The molecular formula is C21H20F3N3O. The Balaban J connectivity index is 1.48. The number of benzene rings is 2. The van der Waals surface area contributed by atoms with E-state index >= 15 is 0 Å². The zero-order valence-corrected chi connectivity index (χ0v) is 15.1. The minimum absolute atomic E-state index is 0.0229. The highest BCUT2D eigenvalue weighted by Crippen LogP contribution is 2.29. The topological polar surface area (TPSA) is 44.4 Å². The van der Waals surface area contributed by atoms with Crippen LogP contribution in [0.15, 0.2) is 48.5 Å². The summed E-state index contributed by atoms with van der Waals surface area (Å²) in [6.45, 7) is 1.94. The first-order valence-corrected chi connectivity index (χ1v) is 8.86. The van der Waals surface area contributed by atoms with E-state index in [1.54, 1.807) is 24.3 Å². The number of alkyl halides is 3. The number of carbonyl (C=O) groups is 1. The number of nitrogens with zero attached hydrogens (tertiary/aromatic N) is 1. The van der Waals surface area contributed by atoms with Crippen LogP contribution in [-0.4, -0.2) is 30.1 Å². The lowest BCUT2D eigenvalue weighted by Crippen LogP contribution is -2.39. The summed E-state index contributed by atoms with van der Waals surface area (Å²) in [6, 6.07) is 11.9. The molecule has 1 atom stereocenters. The molecule has 0 aliphatic carbocycles. The second kappa shape index (κ2) is 8.36. The molecule has 2 amide bonds. The molecule has 2 aromatic rings. The molecule has 1 aliphatic rings. The van der Waals surface area contributed by atoms with Gasteiger partial charge in [0.2, 0.25) is 0 Å². The standard InChI is InChI=1S/C21H20F3N3O/c1-2-15-4-3-5-18(12-15)25-20(28)26-19-10-11-27(14-19)13-16-6-8-17(9-7-16)21(22,23)24/h1,3-9,12,19H,10-11,13-14H2,(H2,25,26,28)/t19-/m0/s1. The van der Waals surface area contributed by atoms with Gasteiger partial charge >= 0.3 is 12.2 Å². The highest BCUT2D eigenvalue weighted by molar-refractivity contribution is 5.89. The summed E-state index contributed by atoms with van der Waals surface area (Å²) in [5.41, 5.74) is 1.46. The summed E-state index contributed by atoms with van der Waals surface area (Å²) in [4.78, 5) is 14.3. The number of likely N-dealkylation sites (tertiary alicyclic amines) is 1. The Kier molecular flexibility index (Phi) is 5.90. The van der Waals surface area contributed by atoms with Crippen molar-refractivity contribution in [3.05, 3.63) is 65.2 Å². The van der Waals surface area contributed by atoms with Crippen LogP contribution < -0.4 is 10.6 Å². The second-order valence-corrected chi connectivity index (χ2v) is 6.74. The number of anilines is 1. The summed E-state index contributed by atoms with van der Waals surface area (Å²) < 4.78 is 37.9. The van der Waals surface area contributed by atoms with Crippen molar-refractivity contribution in [2.75, 3.05) is 18.4 Å². The smallest absolute Gasteiger partial charge is 0.334 e. The molecule has 28 heavy (non-hydrogen) atoms. The Morgan fingerprint density at radius 3 is 2.64 bits per heavy atom. The van der Waals surface area contributed by atoms with Gasteiger partial charge in [0.15, 0.2) is 0 Å². The molecule has 1 saturated heterocycles. The van der Waals surface area contributed by atoms with Gasteiger partial charge in [0.25, 0.3) is 0 Å². The van der Waals surface area contributed by atoms with Gasteiger partial charge < -0.3 is 10.6 Å². The van der Waals surface area contributed by atoms with Gasteiger partial charge in [-0.1, -0.05) is 24.1 Å². The number of rotatable bonds is 4. The number of halogens is 3. The number of urea groups is 1. The first kappa shape index (κ1) is 19.8. The predicted octanol–water partition coefficient (Wildman–Crippen LogP) is 4.08. The van der Waals surface area contributed by atoms with Gasteiger partial charge in [0.05, 0.1) is 5.56 Å². The quantitative estimate of drug-likeness (QED) is 0.777. The SMILES string of the molecule is C#Cc1cccc(NC(=O)N[C@H]2CCN(Cc3ccc(C(F)(F)F)cc3)C2)c1. The van der Waals surface area contributed by atoms with E-state index in [0.717, 1.165) is 30.7 Å². The van der Waals surface area contributed by atoms with Crippen molar-refractivity contribution < 1.29 is 18.0 Å². The molecule has 2 aromatic carbocycles. The van der Waals surface area contributed by atoms with Gasteiger partial charge in [-0.2, -0.15) is 13.2 Å². The van der Waals surface area contributed by atoms with E-state index in [0.29, 0.717) is 24.3 Å². The van der Waals surface area contributed by atoms with E-state index in [1.807, 2.05) is 0 Å². The van der Waals surface area contributed by atoms with Crippen molar-refractivity contribution in [3.63, 3.8) is 0 Å². The largest absolute Gasteiger partial charge is 0.416 e. The van der Waals surface area contributed by atoms with Gasteiger partial charge in [0.1, 0.15) is 0 Å². The average Bonchev–Trinajstić information content (AvgIpc) is 3.08. The minimum atomic E-state index is -4.33. The van der Waals surface area contributed by atoms with Crippen molar-refractivity contribution in [1.82, 2.24) is 10.2 Å². The van der Waals surface area contributed by atoms with E-state index in [9.17, 15) is 18.0 Å². The van der Waals surface area contributed by atoms with Gasteiger partial charge in [-0.15, -0.1) is 6.42 Å². The lowest BCUT2D eigenvalue weighted by Gasteiger charge is -2.17. The van der Waals surface area contributed by atoms with E-state index in [-0.39, 0.29) is 12.1 Å². The first-order chi connectivity index (χ1) is 13.3. The Bertz CT molecular complexity index is 872. The Morgan fingerprint density at radius 2 is 1.96 bits per heavy atom. The Hall–Kier alpha value is -2.98. The molecule has 1 aliphatic heterocycles. The highest BCUT2D eigenvalue weighted by atomic mass is 19.4. The lowest BCUT2D eigenvalue weighted by molar-refractivity contribution is -0.137. The third kappa shape index (κ3) is 5.27. The number of hydrogen-bond acceptors (Lipinski definition) is 2. The van der Waals surface area contributed by atoms with Crippen LogP contribution in [0.4, 0.5) is 23.7 Å². The molecule has 0 bridgehead atoms. The second-order valence-electron chi connectivity index (χ2n) is 6.74. The van der Waals surface area contributed by atoms with Crippen molar-refractivity contribution in [1.29, 1.82) is 0 Å². The van der Waals surface area contributed by atoms with E-state index in [1.165, 1.54) is 12.1 Å². The maximum Gasteiger partial charge on any atom is 0.416 e. The zero-order valence-electron chi connectivity index (χ0n) is 15.1. The van der Waals surface area contributed by atoms with Gasteiger partial charge in [-0.25, -0.2) is 4.79 Å². The monoisotopic (exact) mass is 387 g/mol. The first-order valence-electron chi connectivity index (χ1n) is 8.86. The molecule has 0 radical (unpaired) electrons. The summed E-state index contributed by atoms with van der Waals surface area (Å²) in [7, 11) is 0. The van der Waals surface area contributed by atoms with Crippen molar-refractivity contribution in [2.45, 2.75) is 25.2 Å². The molecular weight excluding hydrogens is 367 g/mol. The fraction of sp³-hybridized carbons (Fsp3) is 0.286. The number of terminal acetylenes is 1. The lowest BCUT2D eigenvalue weighted by atomic mass is 10.1. The van der Waals surface area contributed by atoms with Gasteiger partial charge in [-0.05, 0) is 42.3 Å². The summed E-state index contributed by atoms with van der Waals surface area (Å²) in [6.07, 6.45) is 1.80. The van der Waals surface area contributed by atoms with Gasteiger partial charge in [0, 0.05) is 36.9 Å². The maximum absolute atomic E-state index is 12.6. The van der Waals surface area contributed by atoms with Crippen LogP contribution in [0.3, 0.4) is 0 Å². The molecule has 0 spiro atoms. The van der Waals surface area contributed by atoms with Crippen LogP contribution >= 0.6 is 0 Å². The zero-order chi connectivity index (χ0) is 20.1. The summed E-state index contributed by atoms with van der Waals surface area (Å²) in [5, 5.41) is 5.68. The number of hydrogen-bond donors (Lipinski definition) is 2. The number of amides is 2. The molecule has 0 unspecified atom stereocenters. The van der Waals surface area contributed by atoms with E-state index < -0.39 is 11.7 Å². The molecule has 4 nitrogen and oxygen atoms in total. The normalized spacial score (nSPS) is 17.1. The fourth-order valence-corrected chi connectivity index (χ4v) is 3.19. The minimum Gasteiger partial charge on any atom is -0.334 e. The molecule has 0 saturated carbocycles. The van der Waals surface area contributed by atoms with Crippen LogP contribution in [0.1, 0.15) is 23.1 Å². The van der Waals surface area contributed by atoms with Crippen LogP contribution in [0, 0.1) is 12.3 Å². The molecule has 7 heteroatoms. The van der Waals surface area contributed by atoms with Crippen LogP contribution in [0.25, 0.3) is 0 Å². The third-order valence-corrected chi connectivity index (χ3v) is 4.58. The molecule has 146 valence electrons. The molecule has 1 heterocycles. The summed E-state index contributed by atoms with van der Waals surface area (Å²) in [5.74, 6) is 2.51. The van der Waals surface area contributed by atoms with E-state index in [2.05, 4.69) is 21.5 Å². The molecule has 1 fully saturated rings. The number of nitrogens with one attached hydrogen (secondary N) is 2. The van der Waals surface area contributed by atoms with E-state index in [4.69, 9.17) is 6.42 Å². The molecule has 0 aromatic heterocycles. The average molecular weight is 387 g/mol. The fourth-order valence-electron chi connectivity index (χ4n) is 3.19.